The molecule has 2 aromatic rings. The monoisotopic (exact) mass is 364 g/mol. The van der Waals surface area contributed by atoms with Gasteiger partial charge >= 0.3 is 5.97 Å². The summed E-state index contributed by atoms with van der Waals surface area (Å²) in [5.74, 6) is -0.0297. The lowest BCUT2D eigenvalue weighted by atomic mass is 10.1. The molecular formula is C20H16N2O5. The van der Waals surface area contributed by atoms with E-state index in [4.69, 9.17) is 9.47 Å². The highest BCUT2D eigenvalue weighted by atomic mass is 16.6. The van der Waals surface area contributed by atoms with E-state index in [0.29, 0.717) is 29.0 Å². The molecular weight excluding hydrogens is 348 g/mol. The Bertz CT molecular complexity index is 992. The normalized spacial score (nSPS) is 14.6. The number of nitro groups is 1. The van der Waals surface area contributed by atoms with Gasteiger partial charge in [0.05, 0.1) is 4.92 Å². The van der Waals surface area contributed by atoms with Crippen LogP contribution in [0, 0.1) is 17.0 Å². The van der Waals surface area contributed by atoms with Gasteiger partial charge in [-0.25, -0.2) is 9.79 Å². The van der Waals surface area contributed by atoms with E-state index in [0.717, 1.165) is 0 Å². The van der Waals surface area contributed by atoms with Crippen molar-refractivity contribution in [2.24, 2.45) is 4.99 Å². The van der Waals surface area contributed by atoms with E-state index >= 15 is 0 Å². The lowest BCUT2D eigenvalue weighted by molar-refractivity contribution is -0.385. The van der Waals surface area contributed by atoms with Gasteiger partial charge in [-0.3, -0.25) is 10.1 Å². The van der Waals surface area contributed by atoms with E-state index in [-0.39, 0.29) is 17.3 Å². The fourth-order valence-corrected chi connectivity index (χ4v) is 2.50. The number of benzene rings is 2. The average molecular weight is 364 g/mol. The first kappa shape index (κ1) is 18.1. The summed E-state index contributed by atoms with van der Waals surface area (Å²) in [7, 11) is 0. The Hall–Kier alpha value is -3.74. The number of carbonyl (C=O) groups excluding carboxylic acids is 1. The lowest BCUT2D eigenvalue weighted by Gasteiger charge is -2.06. The molecule has 0 aromatic heterocycles. The van der Waals surface area contributed by atoms with E-state index < -0.39 is 10.9 Å². The van der Waals surface area contributed by atoms with Crippen LogP contribution in [0.15, 0.2) is 65.8 Å². The minimum absolute atomic E-state index is 0.0267. The first-order chi connectivity index (χ1) is 13.0. The van der Waals surface area contributed by atoms with Crippen LogP contribution in [0.1, 0.15) is 16.7 Å². The van der Waals surface area contributed by atoms with Crippen LogP contribution in [-0.4, -0.2) is 23.4 Å². The highest BCUT2D eigenvalue weighted by molar-refractivity contribution is 6.13. The molecule has 0 saturated carbocycles. The highest BCUT2D eigenvalue weighted by Crippen LogP contribution is 2.26. The van der Waals surface area contributed by atoms with Crippen LogP contribution in [0.5, 0.6) is 5.75 Å². The summed E-state index contributed by atoms with van der Waals surface area (Å²) >= 11 is 0. The Morgan fingerprint density at radius 1 is 1.30 bits per heavy atom. The molecule has 7 heteroatoms. The van der Waals surface area contributed by atoms with Gasteiger partial charge in [0.25, 0.3) is 5.69 Å². The number of hydrogen-bond donors (Lipinski definition) is 0. The number of aryl methyl sites for hydroxylation is 1. The predicted molar refractivity (Wildman–Crippen MR) is 101 cm³/mol. The van der Waals surface area contributed by atoms with Crippen LogP contribution in [-0.2, 0) is 9.53 Å². The number of rotatable bonds is 6. The maximum absolute atomic E-state index is 12.2. The zero-order chi connectivity index (χ0) is 19.4. The molecule has 0 fully saturated rings. The van der Waals surface area contributed by atoms with E-state index in [1.54, 1.807) is 49.4 Å². The van der Waals surface area contributed by atoms with Crippen molar-refractivity contribution in [2.45, 2.75) is 6.92 Å². The SMILES string of the molecule is C=CCOc1ccccc1/C=C1\N=C(c2ccc(C)c([N+](=O)[O-])c2)OC1=O. The van der Waals surface area contributed by atoms with E-state index in [1.807, 2.05) is 6.07 Å². The van der Waals surface area contributed by atoms with Crippen LogP contribution in [0.4, 0.5) is 5.69 Å². The van der Waals surface area contributed by atoms with Crippen LogP contribution in [0.25, 0.3) is 6.08 Å². The third-order valence-electron chi connectivity index (χ3n) is 3.84. The predicted octanol–water partition coefficient (Wildman–Crippen LogP) is 3.81. The molecule has 0 amide bonds. The van der Waals surface area contributed by atoms with Gasteiger partial charge in [0, 0.05) is 22.8 Å². The van der Waals surface area contributed by atoms with Gasteiger partial charge in [-0.05, 0) is 25.1 Å². The molecule has 7 nitrogen and oxygen atoms in total. The summed E-state index contributed by atoms with van der Waals surface area (Å²) in [5.41, 5.74) is 1.55. The highest BCUT2D eigenvalue weighted by Gasteiger charge is 2.26. The Labute approximate surface area is 155 Å². The molecule has 0 unspecified atom stereocenters. The van der Waals surface area contributed by atoms with Crippen molar-refractivity contribution in [3.05, 3.63) is 87.6 Å². The third-order valence-corrected chi connectivity index (χ3v) is 3.84. The number of esters is 1. The average Bonchev–Trinajstić information content (AvgIpc) is 3.01. The van der Waals surface area contributed by atoms with Gasteiger partial charge in [0.1, 0.15) is 12.4 Å². The molecule has 0 atom stereocenters. The van der Waals surface area contributed by atoms with E-state index in [1.165, 1.54) is 6.07 Å². The molecule has 0 radical (unpaired) electrons. The second kappa shape index (κ2) is 7.65. The second-order valence-corrected chi connectivity index (χ2v) is 5.73. The standard InChI is InChI=1S/C20H16N2O5/c1-3-10-26-18-7-5-4-6-14(18)11-16-20(23)27-19(21-16)15-9-8-13(2)17(12-15)22(24)25/h3-9,11-12H,1,10H2,2H3/b16-11-. The summed E-state index contributed by atoms with van der Waals surface area (Å²) in [6.45, 7) is 5.57. The number of aliphatic imine (C=N–C) groups is 1. The van der Waals surface area contributed by atoms with Crippen molar-refractivity contribution in [1.82, 2.24) is 0 Å². The Balaban J connectivity index is 1.96. The molecule has 0 saturated heterocycles. The Morgan fingerprint density at radius 2 is 2.07 bits per heavy atom. The first-order valence-corrected chi connectivity index (χ1v) is 8.10. The number of cyclic esters (lactones) is 1. The van der Waals surface area contributed by atoms with Gasteiger partial charge < -0.3 is 9.47 Å². The molecule has 2 aromatic carbocycles. The number of carbonyl (C=O) groups is 1. The largest absolute Gasteiger partial charge is 0.489 e. The van der Waals surface area contributed by atoms with Crippen molar-refractivity contribution >= 4 is 23.6 Å². The van der Waals surface area contributed by atoms with Crippen LogP contribution < -0.4 is 4.74 Å². The minimum atomic E-state index is -0.633. The summed E-state index contributed by atoms with van der Waals surface area (Å²) in [6, 6.07) is 11.7. The molecule has 1 aliphatic rings. The fraction of sp³-hybridized carbons (Fsp3) is 0.100. The number of hydrogen-bond acceptors (Lipinski definition) is 6. The van der Waals surface area contributed by atoms with Crippen molar-refractivity contribution in [3.63, 3.8) is 0 Å². The van der Waals surface area contributed by atoms with Gasteiger partial charge in [-0.2, -0.15) is 0 Å². The first-order valence-electron chi connectivity index (χ1n) is 8.10. The quantitative estimate of drug-likeness (QED) is 0.255. The number of nitrogens with zero attached hydrogens (tertiary/aromatic N) is 2. The van der Waals surface area contributed by atoms with Gasteiger partial charge in [-0.1, -0.05) is 36.9 Å². The minimum Gasteiger partial charge on any atom is -0.489 e. The molecule has 1 aliphatic heterocycles. The maximum atomic E-state index is 12.2. The third kappa shape index (κ3) is 3.92. The van der Waals surface area contributed by atoms with Gasteiger partial charge in [0.15, 0.2) is 5.70 Å². The van der Waals surface area contributed by atoms with Crippen LogP contribution >= 0.6 is 0 Å². The fourth-order valence-electron chi connectivity index (χ4n) is 2.50. The van der Waals surface area contributed by atoms with E-state index in [9.17, 15) is 14.9 Å². The van der Waals surface area contributed by atoms with Crippen molar-refractivity contribution in [2.75, 3.05) is 6.61 Å². The topological polar surface area (TPSA) is 91.0 Å². The molecule has 0 aliphatic carbocycles. The van der Waals surface area contributed by atoms with Crippen molar-refractivity contribution < 1.29 is 19.2 Å². The molecule has 0 spiro atoms. The summed E-state index contributed by atoms with van der Waals surface area (Å²) in [6.07, 6.45) is 3.17. The number of para-hydroxylation sites is 1. The Kier molecular flexibility index (Phi) is 5.12. The molecule has 3 rings (SSSR count). The Morgan fingerprint density at radius 3 is 2.81 bits per heavy atom. The lowest BCUT2D eigenvalue weighted by Crippen LogP contribution is -2.06. The zero-order valence-corrected chi connectivity index (χ0v) is 14.5. The number of ether oxygens (including phenoxy) is 2. The molecule has 0 bridgehead atoms. The molecule has 1 heterocycles. The van der Waals surface area contributed by atoms with Gasteiger partial charge in [-0.15, -0.1) is 0 Å². The molecule has 0 N–H and O–H groups in total. The smallest absolute Gasteiger partial charge is 0.363 e. The van der Waals surface area contributed by atoms with E-state index in [2.05, 4.69) is 11.6 Å². The van der Waals surface area contributed by atoms with Crippen LogP contribution in [0.2, 0.25) is 0 Å². The summed E-state index contributed by atoms with van der Waals surface area (Å²) in [4.78, 5) is 27.0. The molecule has 27 heavy (non-hydrogen) atoms. The van der Waals surface area contributed by atoms with Gasteiger partial charge in [0.2, 0.25) is 5.90 Å². The van der Waals surface area contributed by atoms with Crippen molar-refractivity contribution in [3.8, 4) is 5.75 Å². The summed E-state index contributed by atoms with van der Waals surface area (Å²) < 4.78 is 10.8. The van der Waals surface area contributed by atoms with Crippen molar-refractivity contribution in [1.29, 1.82) is 0 Å². The number of nitro benzene ring substituents is 1. The van der Waals surface area contributed by atoms with Crippen LogP contribution in [0.3, 0.4) is 0 Å². The second-order valence-electron chi connectivity index (χ2n) is 5.73. The maximum Gasteiger partial charge on any atom is 0.363 e. The summed E-state index contributed by atoms with van der Waals surface area (Å²) in [5, 5.41) is 11.1. The molecule has 136 valence electrons. The zero-order valence-electron chi connectivity index (χ0n) is 14.5.